The molecule has 0 bridgehead atoms. The van der Waals surface area contributed by atoms with Crippen molar-refractivity contribution in [3.63, 3.8) is 0 Å². The van der Waals surface area contributed by atoms with E-state index in [9.17, 15) is 9.59 Å². The second kappa shape index (κ2) is 12.3. The zero-order valence-corrected chi connectivity index (χ0v) is 16.7. The van der Waals surface area contributed by atoms with Crippen LogP contribution in [0.25, 0.3) is 0 Å². The molecule has 0 rings (SSSR count). The number of hydrogen-bond acceptors (Lipinski definition) is 4. The Hall–Kier alpha value is -1.06. The quantitative estimate of drug-likeness (QED) is 0.357. The molecule has 4 nitrogen and oxygen atoms in total. The smallest absolute Gasteiger partial charge is 0.306 e. The lowest BCUT2D eigenvalue weighted by Crippen LogP contribution is -2.18. The highest BCUT2D eigenvalue weighted by molar-refractivity contribution is 5.72. The molecule has 0 N–H and O–H groups in total. The van der Waals surface area contributed by atoms with Crippen molar-refractivity contribution in [2.45, 2.75) is 99.0 Å². The number of ether oxygens (including phenoxy) is 2. The lowest BCUT2D eigenvalue weighted by atomic mass is 9.86. The van der Waals surface area contributed by atoms with Gasteiger partial charge in [-0.25, -0.2) is 0 Å². The minimum absolute atomic E-state index is 0.0331. The summed E-state index contributed by atoms with van der Waals surface area (Å²) in [7, 11) is 0. The molecule has 0 amide bonds. The molecule has 0 radical (unpaired) electrons. The van der Waals surface area contributed by atoms with E-state index in [0.29, 0.717) is 18.9 Å². The second-order valence-electron chi connectivity index (χ2n) is 8.20. The Bertz CT molecular complexity index is 357. The molecule has 24 heavy (non-hydrogen) atoms. The molecule has 0 aromatic heterocycles. The van der Waals surface area contributed by atoms with Gasteiger partial charge in [0.1, 0.15) is 0 Å². The first-order valence-corrected chi connectivity index (χ1v) is 9.49. The molecule has 142 valence electrons. The molecule has 2 atom stereocenters. The van der Waals surface area contributed by atoms with E-state index < -0.39 is 0 Å². The first kappa shape index (κ1) is 22.9. The maximum atomic E-state index is 11.7. The standard InChI is InChI=1S/C20H38O4/c1-7-8-9-11-17(3)24-19(22)13-10-12-18(21)23-15-16(2)14-20(4,5)6/h16-17H,7-15H2,1-6H3. The zero-order chi connectivity index (χ0) is 18.6. The monoisotopic (exact) mass is 342 g/mol. The molecule has 0 saturated carbocycles. The highest BCUT2D eigenvalue weighted by atomic mass is 16.5. The van der Waals surface area contributed by atoms with Gasteiger partial charge in [-0.15, -0.1) is 0 Å². The Labute approximate surface area is 148 Å². The number of hydrogen-bond donors (Lipinski definition) is 0. The minimum Gasteiger partial charge on any atom is -0.465 e. The number of carbonyl (C=O) groups is 2. The third-order valence-electron chi connectivity index (χ3n) is 3.80. The lowest BCUT2D eigenvalue weighted by Gasteiger charge is -2.22. The fraction of sp³-hybridized carbons (Fsp3) is 0.900. The number of rotatable bonds is 12. The third-order valence-corrected chi connectivity index (χ3v) is 3.80. The van der Waals surface area contributed by atoms with Crippen molar-refractivity contribution in [3.8, 4) is 0 Å². The molecule has 0 fully saturated rings. The largest absolute Gasteiger partial charge is 0.465 e. The van der Waals surface area contributed by atoms with Crippen LogP contribution in [0, 0.1) is 11.3 Å². The Balaban J connectivity index is 3.75. The Morgan fingerprint density at radius 3 is 2.17 bits per heavy atom. The lowest BCUT2D eigenvalue weighted by molar-refractivity contribution is -0.149. The van der Waals surface area contributed by atoms with E-state index in [1.807, 2.05) is 6.92 Å². The van der Waals surface area contributed by atoms with E-state index in [2.05, 4.69) is 34.6 Å². The van der Waals surface area contributed by atoms with Crippen LogP contribution in [-0.2, 0) is 19.1 Å². The van der Waals surface area contributed by atoms with E-state index in [1.165, 1.54) is 6.42 Å². The van der Waals surface area contributed by atoms with Gasteiger partial charge in [0.05, 0.1) is 12.7 Å². The van der Waals surface area contributed by atoms with Crippen LogP contribution in [0.5, 0.6) is 0 Å². The molecule has 0 aromatic carbocycles. The fourth-order valence-electron chi connectivity index (χ4n) is 2.81. The van der Waals surface area contributed by atoms with Gasteiger partial charge in [0.25, 0.3) is 0 Å². The van der Waals surface area contributed by atoms with Crippen molar-refractivity contribution < 1.29 is 19.1 Å². The number of esters is 2. The van der Waals surface area contributed by atoms with Crippen LogP contribution in [0.4, 0.5) is 0 Å². The van der Waals surface area contributed by atoms with Crippen molar-refractivity contribution >= 4 is 11.9 Å². The summed E-state index contributed by atoms with van der Waals surface area (Å²) in [5.74, 6) is -0.0876. The number of unbranched alkanes of at least 4 members (excludes halogenated alkanes) is 2. The Kier molecular flexibility index (Phi) is 11.8. The molecular weight excluding hydrogens is 304 g/mol. The predicted octanol–water partition coefficient (Wildman–Crippen LogP) is 5.28. The van der Waals surface area contributed by atoms with Gasteiger partial charge in [-0.3, -0.25) is 9.59 Å². The summed E-state index contributed by atoms with van der Waals surface area (Å²) in [4.78, 5) is 23.4. The van der Waals surface area contributed by atoms with E-state index in [-0.39, 0.29) is 36.3 Å². The molecule has 0 saturated heterocycles. The van der Waals surface area contributed by atoms with Crippen molar-refractivity contribution in [1.82, 2.24) is 0 Å². The molecular formula is C20H38O4. The summed E-state index contributed by atoms with van der Waals surface area (Å²) < 4.78 is 10.6. The van der Waals surface area contributed by atoms with E-state index in [1.54, 1.807) is 0 Å². The average molecular weight is 343 g/mol. The first-order valence-electron chi connectivity index (χ1n) is 9.49. The summed E-state index contributed by atoms with van der Waals surface area (Å²) in [5, 5.41) is 0. The maximum absolute atomic E-state index is 11.7. The molecule has 0 heterocycles. The van der Waals surface area contributed by atoms with Crippen LogP contribution >= 0.6 is 0 Å². The van der Waals surface area contributed by atoms with Gasteiger partial charge in [-0.05, 0) is 43.9 Å². The fourth-order valence-corrected chi connectivity index (χ4v) is 2.81. The minimum atomic E-state index is -0.223. The second-order valence-corrected chi connectivity index (χ2v) is 8.20. The number of carbonyl (C=O) groups excluding carboxylic acids is 2. The van der Waals surface area contributed by atoms with Gasteiger partial charge in [0, 0.05) is 12.8 Å². The third kappa shape index (κ3) is 14.5. The molecule has 0 aliphatic carbocycles. The van der Waals surface area contributed by atoms with Crippen LogP contribution in [0.3, 0.4) is 0 Å². The SMILES string of the molecule is CCCCCC(C)OC(=O)CCCC(=O)OCC(C)CC(C)(C)C. The Morgan fingerprint density at radius 2 is 1.58 bits per heavy atom. The molecule has 0 aliphatic rings. The zero-order valence-electron chi connectivity index (χ0n) is 16.7. The maximum Gasteiger partial charge on any atom is 0.306 e. The average Bonchev–Trinajstić information content (AvgIpc) is 2.43. The van der Waals surface area contributed by atoms with Crippen LogP contribution in [0.1, 0.15) is 92.9 Å². The van der Waals surface area contributed by atoms with Crippen LogP contribution < -0.4 is 0 Å². The predicted molar refractivity (Wildman–Crippen MR) is 97.7 cm³/mol. The summed E-state index contributed by atoms with van der Waals surface area (Å²) in [6.45, 7) is 13.2. The van der Waals surface area contributed by atoms with Gasteiger partial charge in [0.15, 0.2) is 0 Å². The highest BCUT2D eigenvalue weighted by Gasteiger charge is 2.17. The van der Waals surface area contributed by atoms with Crippen molar-refractivity contribution in [3.05, 3.63) is 0 Å². The normalized spacial score (nSPS) is 14.1. The first-order chi connectivity index (χ1) is 11.1. The summed E-state index contributed by atoms with van der Waals surface area (Å²) in [6.07, 6.45) is 6.37. The van der Waals surface area contributed by atoms with Crippen molar-refractivity contribution in [1.29, 1.82) is 0 Å². The summed E-state index contributed by atoms with van der Waals surface area (Å²) in [5.41, 5.74) is 0.239. The topological polar surface area (TPSA) is 52.6 Å². The molecule has 0 aromatic rings. The van der Waals surface area contributed by atoms with Crippen LogP contribution in [0.2, 0.25) is 0 Å². The van der Waals surface area contributed by atoms with E-state index >= 15 is 0 Å². The van der Waals surface area contributed by atoms with Crippen molar-refractivity contribution in [2.75, 3.05) is 6.61 Å². The van der Waals surface area contributed by atoms with Crippen LogP contribution in [0.15, 0.2) is 0 Å². The molecule has 2 unspecified atom stereocenters. The van der Waals surface area contributed by atoms with Gasteiger partial charge in [-0.1, -0.05) is 47.5 Å². The van der Waals surface area contributed by atoms with Gasteiger partial charge in [-0.2, -0.15) is 0 Å². The molecule has 0 aliphatic heterocycles. The van der Waals surface area contributed by atoms with Crippen LogP contribution in [-0.4, -0.2) is 24.6 Å². The van der Waals surface area contributed by atoms with E-state index in [4.69, 9.17) is 9.47 Å². The van der Waals surface area contributed by atoms with Gasteiger partial charge >= 0.3 is 11.9 Å². The van der Waals surface area contributed by atoms with E-state index in [0.717, 1.165) is 25.7 Å². The molecule has 4 heteroatoms. The Morgan fingerprint density at radius 1 is 0.958 bits per heavy atom. The van der Waals surface area contributed by atoms with Gasteiger partial charge < -0.3 is 9.47 Å². The summed E-state index contributed by atoms with van der Waals surface area (Å²) in [6, 6.07) is 0. The summed E-state index contributed by atoms with van der Waals surface area (Å²) >= 11 is 0. The van der Waals surface area contributed by atoms with Crippen molar-refractivity contribution in [2.24, 2.45) is 11.3 Å². The van der Waals surface area contributed by atoms with Gasteiger partial charge in [0.2, 0.25) is 0 Å². The highest BCUT2D eigenvalue weighted by Crippen LogP contribution is 2.24. The molecule has 0 spiro atoms.